The maximum atomic E-state index is 11.1. The molecule has 1 aromatic rings. The van der Waals surface area contributed by atoms with Crippen LogP contribution in [0.2, 0.25) is 10.0 Å². The third-order valence-electron chi connectivity index (χ3n) is 3.93. The average molecular weight is 332 g/mol. The maximum absolute atomic E-state index is 11.1. The minimum absolute atomic E-state index is 0.197. The first-order valence-electron chi connectivity index (χ1n) is 7.35. The smallest absolute Gasteiger partial charge is 0.307 e. The highest BCUT2D eigenvalue weighted by Crippen LogP contribution is 2.28. The Balaban J connectivity index is 2.50. The molecule has 0 saturated carbocycles. The molecule has 3 nitrogen and oxygen atoms in total. The van der Waals surface area contributed by atoms with Crippen molar-refractivity contribution in [2.75, 3.05) is 6.54 Å². The predicted molar refractivity (Wildman–Crippen MR) is 88.0 cm³/mol. The first kappa shape index (κ1) is 18.3. The van der Waals surface area contributed by atoms with Crippen molar-refractivity contribution in [1.82, 2.24) is 0 Å². The summed E-state index contributed by atoms with van der Waals surface area (Å²) < 4.78 is 0. The second kappa shape index (κ2) is 9.29. The lowest BCUT2D eigenvalue weighted by molar-refractivity contribution is -0.142. The highest BCUT2D eigenvalue weighted by Gasteiger charge is 2.20. The predicted octanol–water partition coefficient (Wildman–Crippen LogP) is 4.39. The van der Waals surface area contributed by atoms with E-state index >= 15 is 0 Å². The lowest BCUT2D eigenvalue weighted by Gasteiger charge is -2.19. The number of hydrogen-bond donors (Lipinski definition) is 2. The number of aliphatic carboxylic acids is 1. The van der Waals surface area contributed by atoms with Crippen molar-refractivity contribution < 1.29 is 9.90 Å². The number of carboxylic acid groups (broad SMARTS) is 1. The Morgan fingerprint density at radius 3 is 2.43 bits per heavy atom. The first-order valence-corrected chi connectivity index (χ1v) is 8.10. The summed E-state index contributed by atoms with van der Waals surface area (Å²) in [5.41, 5.74) is 6.50. The third-order valence-corrected chi connectivity index (χ3v) is 4.64. The van der Waals surface area contributed by atoms with Crippen LogP contribution in [0.25, 0.3) is 0 Å². The maximum Gasteiger partial charge on any atom is 0.307 e. The molecule has 0 heterocycles. The Bertz CT molecular complexity index is 445. The quantitative estimate of drug-likeness (QED) is 0.705. The summed E-state index contributed by atoms with van der Waals surface area (Å²) in [5.74, 6) is -0.875. The van der Waals surface area contributed by atoms with Gasteiger partial charge in [-0.1, -0.05) is 49.0 Å². The molecule has 0 spiro atoms. The van der Waals surface area contributed by atoms with Crippen LogP contribution in [-0.4, -0.2) is 17.6 Å². The number of hydrogen-bond acceptors (Lipinski definition) is 2. The van der Waals surface area contributed by atoms with Gasteiger partial charge in [-0.15, -0.1) is 0 Å². The zero-order chi connectivity index (χ0) is 15.8. The standard InChI is InChI=1S/C16H23Cl2NO2/c1-2-11(9-12(10-19)16(20)21)5-3-6-13-14(17)7-4-8-15(13)18/h4,7-8,11-12H,2-3,5-6,9-10,19H2,1H3,(H,20,21). The zero-order valence-corrected chi connectivity index (χ0v) is 13.8. The summed E-state index contributed by atoms with van der Waals surface area (Å²) in [4.78, 5) is 11.1. The Hall–Kier alpha value is -0.770. The van der Waals surface area contributed by atoms with E-state index in [1.807, 2.05) is 18.2 Å². The SMILES string of the molecule is CCC(CCCc1c(Cl)cccc1Cl)CC(CN)C(=O)O. The van der Waals surface area contributed by atoms with Gasteiger partial charge in [0.1, 0.15) is 0 Å². The molecule has 2 atom stereocenters. The number of benzene rings is 1. The minimum Gasteiger partial charge on any atom is -0.481 e. The van der Waals surface area contributed by atoms with Gasteiger partial charge >= 0.3 is 5.97 Å². The van der Waals surface area contributed by atoms with E-state index in [2.05, 4.69) is 6.92 Å². The van der Waals surface area contributed by atoms with E-state index in [9.17, 15) is 4.79 Å². The molecule has 0 fully saturated rings. The van der Waals surface area contributed by atoms with Crippen LogP contribution >= 0.6 is 23.2 Å². The summed E-state index contributed by atoms with van der Waals surface area (Å²) in [5, 5.41) is 10.5. The van der Waals surface area contributed by atoms with Crippen LogP contribution < -0.4 is 5.73 Å². The van der Waals surface area contributed by atoms with Gasteiger partial charge in [-0.3, -0.25) is 4.79 Å². The van der Waals surface area contributed by atoms with Crippen LogP contribution in [0.5, 0.6) is 0 Å². The Morgan fingerprint density at radius 1 is 1.33 bits per heavy atom. The highest BCUT2D eigenvalue weighted by molar-refractivity contribution is 6.35. The van der Waals surface area contributed by atoms with Gasteiger partial charge in [0.25, 0.3) is 0 Å². The van der Waals surface area contributed by atoms with E-state index in [1.54, 1.807) is 0 Å². The van der Waals surface area contributed by atoms with Gasteiger partial charge in [0.05, 0.1) is 5.92 Å². The van der Waals surface area contributed by atoms with Crippen LogP contribution in [0.3, 0.4) is 0 Å². The molecule has 3 N–H and O–H groups in total. The van der Waals surface area contributed by atoms with Gasteiger partial charge in [-0.05, 0) is 42.9 Å². The molecule has 1 rings (SSSR count). The summed E-state index contributed by atoms with van der Waals surface area (Å²) in [6.45, 7) is 2.28. The zero-order valence-electron chi connectivity index (χ0n) is 12.3. The van der Waals surface area contributed by atoms with Crippen molar-refractivity contribution in [2.24, 2.45) is 17.6 Å². The number of rotatable bonds is 9. The summed E-state index contributed by atoms with van der Waals surface area (Å²) >= 11 is 12.3. The van der Waals surface area contributed by atoms with Crippen LogP contribution in [-0.2, 0) is 11.2 Å². The van der Waals surface area contributed by atoms with Crippen molar-refractivity contribution in [3.63, 3.8) is 0 Å². The first-order chi connectivity index (χ1) is 9.99. The molecule has 5 heteroatoms. The Labute approximate surface area is 136 Å². The minimum atomic E-state index is -0.801. The lowest BCUT2D eigenvalue weighted by Crippen LogP contribution is -2.25. The average Bonchev–Trinajstić information content (AvgIpc) is 2.45. The molecule has 0 radical (unpaired) electrons. The second-order valence-electron chi connectivity index (χ2n) is 5.37. The molecule has 0 aliphatic carbocycles. The summed E-state index contributed by atoms with van der Waals surface area (Å²) in [6.07, 6.45) is 4.31. The van der Waals surface area contributed by atoms with E-state index in [1.165, 1.54) is 0 Å². The fraction of sp³-hybridized carbons (Fsp3) is 0.562. The molecule has 1 aromatic carbocycles. The van der Waals surface area contributed by atoms with E-state index in [0.29, 0.717) is 22.4 Å². The molecule has 0 aromatic heterocycles. The number of nitrogens with two attached hydrogens (primary N) is 1. The van der Waals surface area contributed by atoms with E-state index in [0.717, 1.165) is 31.2 Å². The van der Waals surface area contributed by atoms with Crippen molar-refractivity contribution >= 4 is 29.2 Å². The van der Waals surface area contributed by atoms with Gasteiger partial charge in [-0.2, -0.15) is 0 Å². The molecule has 2 unspecified atom stereocenters. The van der Waals surface area contributed by atoms with Gasteiger partial charge in [0.2, 0.25) is 0 Å². The van der Waals surface area contributed by atoms with Gasteiger partial charge in [-0.25, -0.2) is 0 Å². The number of halogens is 2. The van der Waals surface area contributed by atoms with E-state index in [-0.39, 0.29) is 6.54 Å². The summed E-state index contributed by atoms with van der Waals surface area (Å²) in [7, 11) is 0. The molecule has 0 amide bonds. The molecule has 118 valence electrons. The molecular weight excluding hydrogens is 309 g/mol. The van der Waals surface area contributed by atoms with Crippen LogP contribution in [0.4, 0.5) is 0 Å². The van der Waals surface area contributed by atoms with Crippen LogP contribution in [0.15, 0.2) is 18.2 Å². The highest BCUT2D eigenvalue weighted by atomic mass is 35.5. The van der Waals surface area contributed by atoms with Gasteiger partial charge < -0.3 is 10.8 Å². The normalized spacial score (nSPS) is 13.9. The Kier molecular flexibility index (Phi) is 8.09. The molecule has 0 aliphatic rings. The Morgan fingerprint density at radius 2 is 1.95 bits per heavy atom. The fourth-order valence-electron chi connectivity index (χ4n) is 2.53. The molecule has 0 saturated heterocycles. The molecule has 0 aliphatic heterocycles. The van der Waals surface area contributed by atoms with Crippen molar-refractivity contribution in [3.05, 3.63) is 33.8 Å². The van der Waals surface area contributed by atoms with Gasteiger partial charge in [0, 0.05) is 16.6 Å². The third kappa shape index (κ3) is 5.85. The fourth-order valence-corrected chi connectivity index (χ4v) is 3.11. The van der Waals surface area contributed by atoms with Gasteiger partial charge in [0.15, 0.2) is 0 Å². The largest absolute Gasteiger partial charge is 0.481 e. The van der Waals surface area contributed by atoms with Crippen LogP contribution in [0.1, 0.15) is 38.2 Å². The number of carboxylic acids is 1. The van der Waals surface area contributed by atoms with Crippen molar-refractivity contribution in [1.29, 1.82) is 0 Å². The molecular formula is C16H23Cl2NO2. The molecule has 0 bridgehead atoms. The van der Waals surface area contributed by atoms with Crippen LogP contribution in [0, 0.1) is 11.8 Å². The summed E-state index contributed by atoms with van der Waals surface area (Å²) in [6, 6.07) is 5.52. The number of carbonyl (C=O) groups is 1. The second-order valence-corrected chi connectivity index (χ2v) is 6.19. The van der Waals surface area contributed by atoms with Crippen molar-refractivity contribution in [3.8, 4) is 0 Å². The lowest BCUT2D eigenvalue weighted by atomic mass is 9.88. The monoisotopic (exact) mass is 331 g/mol. The van der Waals surface area contributed by atoms with E-state index < -0.39 is 11.9 Å². The molecule has 21 heavy (non-hydrogen) atoms. The topological polar surface area (TPSA) is 63.3 Å². The van der Waals surface area contributed by atoms with E-state index in [4.69, 9.17) is 34.0 Å². The van der Waals surface area contributed by atoms with Crippen molar-refractivity contribution in [2.45, 2.75) is 39.0 Å².